The first-order valence-corrected chi connectivity index (χ1v) is 42.3. The van der Waals surface area contributed by atoms with E-state index in [0.29, 0.717) is 77.6 Å². The van der Waals surface area contributed by atoms with Crippen LogP contribution in [-0.2, 0) is 45.3 Å². The molecule has 5 N–H and O–H groups in total. The van der Waals surface area contributed by atoms with Crippen molar-refractivity contribution in [2.45, 2.75) is 302 Å². The number of aromatic nitrogens is 6. The summed E-state index contributed by atoms with van der Waals surface area (Å²) in [5.41, 5.74) is 12.7. The van der Waals surface area contributed by atoms with Gasteiger partial charge in [-0.15, -0.1) is 0 Å². The molecule has 588 valence electrons. The Labute approximate surface area is 645 Å². The molecule has 1 amide bonds. The number of nitrogen functional groups attached to an aromatic ring is 1. The number of para-hydroxylation sites is 2. The fourth-order valence-corrected chi connectivity index (χ4v) is 23.6. The van der Waals surface area contributed by atoms with Crippen molar-refractivity contribution >= 4 is 78.6 Å². The number of hydrogen-bond donors (Lipinski definition) is 4. The molecule has 0 saturated heterocycles. The second kappa shape index (κ2) is 33.0. The van der Waals surface area contributed by atoms with Crippen molar-refractivity contribution in [2.24, 2.45) is 92.7 Å². The first kappa shape index (κ1) is 80.9. The summed E-state index contributed by atoms with van der Waals surface area (Å²) >= 11 is 5.51. The number of amides is 1. The Kier molecular flexibility index (Phi) is 24.9. The Balaban J connectivity index is 0.000000167. The van der Waals surface area contributed by atoms with Crippen molar-refractivity contribution in [3.8, 4) is 0 Å². The molecule has 16 unspecified atom stereocenters. The van der Waals surface area contributed by atoms with Gasteiger partial charge in [0.15, 0.2) is 11.6 Å². The summed E-state index contributed by atoms with van der Waals surface area (Å²) < 4.78 is 26.9. The molecule has 16 atom stereocenters. The van der Waals surface area contributed by atoms with E-state index in [4.69, 9.17) is 46.3 Å². The Morgan fingerprint density at radius 1 is 0.579 bits per heavy atom. The van der Waals surface area contributed by atoms with Gasteiger partial charge in [0.1, 0.15) is 48.1 Å². The third kappa shape index (κ3) is 17.1. The van der Waals surface area contributed by atoms with Crippen molar-refractivity contribution in [3.05, 3.63) is 83.5 Å². The van der Waals surface area contributed by atoms with Crippen molar-refractivity contribution in [2.75, 3.05) is 24.3 Å². The first-order valence-electron chi connectivity index (χ1n) is 41.9. The van der Waals surface area contributed by atoms with Gasteiger partial charge in [-0.1, -0.05) is 167 Å². The van der Waals surface area contributed by atoms with Crippen LogP contribution in [0.25, 0.3) is 43.9 Å². The molecule has 0 spiro atoms. The van der Waals surface area contributed by atoms with E-state index < -0.39 is 22.7 Å². The van der Waals surface area contributed by atoms with Crippen molar-refractivity contribution < 1.29 is 38.7 Å². The van der Waals surface area contributed by atoms with E-state index >= 15 is 0 Å². The van der Waals surface area contributed by atoms with E-state index in [2.05, 4.69) is 96.7 Å². The van der Waals surface area contributed by atoms with Crippen molar-refractivity contribution in [1.82, 2.24) is 29.1 Å². The molecule has 6 aromatic rings. The number of hydrogen-bond acceptors (Lipinski definition) is 13. The van der Waals surface area contributed by atoms with Crippen LogP contribution in [0.1, 0.15) is 264 Å². The molecule has 0 bridgehead atoms. The molecule has 4 heterocycles. The molecule has 107 heavy (non-hydrogen) atoms. The number of nitrogens with one attached hydrogen (secondary N) is 1. The molecule has 0 aliphatic heterocycles. The van der Waals surface area contributed by atoms with Crippen LogP contribution in [0, 0.1) is 92.7 Å². The van der Waals surface area contributed by atoms with Gasteiger partial charge < -0.3 is 44.0 Å². The zero-order chi connectivity index (χ0) is 76.7. The highest BCUT2D eigenvalue weighted by Crippen LogP contribution is 2.69. The van der Waals surface area contributed by atoms with Crippen LogP contribution in [0.2, 0.25) is 0 Å². The van der Waals surface area contributed by atoms with Crippen LogP contribution in [0.4, 0.5) is 21.2 Å². The van der Waals surface area contributed by atoms with Gasteiger partial charge in [0.05, 0.1) is 46.4 Å². The lowest BCUT2D eigenvalue weighted by atomic mass is 9.47. The minimum atomic E-state index is -0.989. The first-order chi connectivity index (χ1) is 50.8. The third-order valence-electron chi connectivity index (χ3n) is 28.6. The number of carbonyl (C=O) groups is 2. The Morgan fingerprint density at radius 3 is 1.47 bits per heavy atom. The predicted molar refractivity (Wildman–Crippen MR) is 434 cm³/mol. The molecule has 14 rings (SSSR count). The number of ether oxygens (including phenoxy) is 4. The lowest BCUT2D eigenvalue weighted by molar-refractivity contribution is -0.0577. The minimum Gasteiger partial charge on any atom is -0.450 e. The number of imidazole rings is 2. The minimum absolute atomic E-state index is 0.0164. The van der Waals surface area contributed by atoms with Gasteiger partial charge in [-0.05, 0) is 236 Å². The van der Waals surface area contributed by atoms with E-state index in [-0.39, 0.29) is 24.2 Å². The van der Waals surface area contributed by atoms with Gasteiger partial charge in [0, 0.05) is 48.4 Å². The normalized spacial score (nSPS) is 30.2. The highest BCUT2D eigenvalue weighted by Gasteiger charge is 2.61. The van der Waals surface area contributed by atoms with Crippen LogP contribution in [0.5, 0.6) is 0 Å². The smallest absolute Gasteiger partial charge is 0.413 e. The molecule has 8 aliphatic rings. The molecule has 6 saturated carbocycles. The standard InChI is InChI=1S/C45H66N4O4.C28H45ClO2.C17H22N4O2/c1-9-52-26-38-47-39-40(49(38)27-43(5,6)51)33-15-10-11-16-37(33)46-41(39)48-42(50)53-31-21-23-44(7)30(25-31)17-18-32-35-20-19-34(29(4)14-12-13-28(2)3)45(35,8)24-22-36(32)44;1-18(2)7-6-8-19(3)23-11-12-24-22-10-9-20-17-21(31-26(29)30)13-15-27(20,4)25(22)14-16-28(23,24)5;1-4-23-9-13-20-14-15(21(13)10-17(2,3)22)11-7-5-6-8-12(11)19-16(14)18/h10-11,15-17,28-29,31-32,34-36,51H,9,12-14,18-27H2,1-8H3,(H,46,48,50);9,18-19,21-25H,6-8,10-17H2,1-5H3;5-8,22H,4,9-10H2,1-3H3,(H2,18,19). The number of pyridine rings is 2. The average molecular weight is 1490 g/mol. The topological polar surface area (TPSA) is 211 Å². The fraction of sp³-hybridized carbons (Fsp3) is 0.711. The summed E-state index contributed by atoms with van der Waals surface area (Å²) in [5, 5.41) is 26.0. The summed E-state index contributed by atoms with van der Waals surface area (Å²) in [6, 6.07) is 15.7. The van der Waals surface area contributed by atoms with Gasteiger partial charge in [-0.25, -0.2) is 29.5 Å². The zero-order valence-corrected chi connectivity index (χ0v) is 68.9. The maximum Gasteiger partial charge on any atom is 0.413 e. The molecule has 4 aromatic heterocycles. The van der Waals surface area contributed by atoms with Crippen LogP contribution >= 0.6 is 11.6 Å². The highest BCUT2D eigenvalue weighted by molar-refractivity contribution is 6.61. The molecular weight excluding hydrogens is 1360 g/mol. The monoisotopic (exact) mass is 1490 g/mol. The maximum atomic E-state index is 13.7. The quantitative estimate of drug-likeness (QED) is 0.0348. The van der Waals surface area contributed by atoms with E-state index in [9.17, 15) is 19.8 Å². The molecule has 8 aliphatic carbocycles. The fourth-order valence-electron chi connectivity index (χ4n) is 23.5. The number of benzene rings is 2. The number of halogens is 1. The molecule has 6 fully saturated rings. The van der Waals surface area contributed by atoms with Crippen molar-refractivity contribution in [1.29, 1.82) is 0 Å². The number of nitrogens with two attached hydrogens (primary N) is 1. The number of carbonyl (C=O) groups excluding carboxylic acids is 2. The lowest BCUT2D eigenvalue weighted by Gasteiger charge is -2.58. The molecule has 16 nitrogen and oxygen atoms in total. The summed E-state index contributed by atoms with van der Waals surface area (Å²) in [4.78, 5) is 43.8. The number of anilines is 2. The number of allylic oxidation sites excluding steroid dienone is 2. The molecule has 2 aromatic carbocycles. The number of nitrogens with zero attached hydrogens (tertiary/aromatic N) is 6. The van der Waals surface area contributed by atoms with Crippen LogP contribution in [-0.4, -0.2) is 87.4 Å². The molecule has 17 heteroatoms. The van der Waals surface area contributed by atoms with Crippen LogP contribution < -0.4 is 11.1 Å². The van der Waals surface area contributed by atoms with E-state index in [1.54, 1.807) is 33.3 Å². The predicted octanol–water partition coefficient (Wildman–Crippen LogP) is 22.1. The summed E-state index contributed by atoms with van der Waals surface area (Å²) in [6.45, 7) is 38.5. The third-order valence-corrected chi connectivity index (χ3v) is 28.7. The molecule has 0 radical (unpaired) electrons. The Bertz CT molecular complexity index is 4160. The average Bonchev–Trinajstić information content (AvgIpc) is 1.71. The lowest BCUT2D eigenvalue weighted by Crippen LogP contribution is -2.51. The summed E-state index contributed by atoms with van der Waals surface area (Å²) in [7, 11) is 0. The van der Waals surface area contributed by atoms with Gasteiger partial charge in [-0.3, -0.25) is 5.32 Å². The van der Waals surface area contributed by atoms with E-state index in [1.807, 2.05) is 71.5 Å². The van der Waals surface area contributed by atoms with Gasteiger partial charge in [-0.2, -0.15) is 0 Å². The van der Waals surface area contributed by atoms with E-state index in [0.717, 1.165) is 148 Å². The van der Waals surface area contributed by atoms with E-state index in [1.165, 1.54) is 108 Å². The number of aliphatic hydroxyl groups is 2. The SMILES string of the molecule is CC(C)CCCC(C)C1CCC2C3CC=C4CC(OC(=O)Cl)CCC4(C)C3CCC12C.CCOCc1nc2c(N)nc3ccccc3c2n1CC(C)(C)O.CCOCc1nc2c(NC(=O)OC3CCC4(C)C(=CCC5C4CCC4(C)C(C(C)CCCC(C)C)CCC54)C3)nc3ccccc3c2n1CC(C)(C)O. The highest BCUT2D eigenvalue weighted by atomic mass is 35.5. The van der Waals surface area contributed by atoms with Crippen LogP contribution in [0.15, 0.2) is 71.8 Å². The molecular formula is C90H133ClN8O8. The number of rotatable bonds is 23. The van der Waals surface area contributed by atoms with Gasteiger partial charge in [0.2, 0.25) is 0 Å². The Morgan fingerprint density at radius 2 is 1.02 bits per heavy atom. The summed E-state index contributed by atoms with van der Waals surface area (Å²) in [6.07, 6.45) is 32.2. The second-order valence-electron chi connectivity index (χ2n) is 37.7. The largest absolute Gasteiger partial charge is 0.450 e. The van der Waals surface area contributed by atoms with Crippen LogP contribution in [0.3, 0.4) is 0 Å². The zero-order valence-electron chi connectivity index (χ0n) is 68.1. The number of fused-ring (bicyclic) bond motifs is 16. The second-order valence-corrected chi connectivity index (χ2v) is 38.0. The summed E-state index contributed by atoms with van der Waals surface area (Å²) in [5.74, 6) is 12.2. The van der Waals surface area contributed by atoms with Gasteiger partial charge in [0.25, 0.3) is 0 Å². The Hall–Kier alpha value is -5.65. The van der Waals surface area contributed by atoms with Gasteiger partial charge >= 0.3 is 11.5 Å². The van der Waals surface area contributed by atoms with Crippen molar-refractivity contribution in [3.63, 3.8) is 0 Å². The maximum absolute atomic E-state index is 13.7.